The van der Waals surface area contributed by atoms with E-state index in [4.69, 9.17) is 5.11 Å². The van der Waals surface area contributed by atoms with Gasteiger partial charge >= 0.3 is 0 Å². The van der Waals surface area contributed by atoms with Crippen LogP contribution < -0.4 is 43.1 Å². The molecule has 0 unspecified atom stereocenters. The van der Waals surface area contributed by atoms with E-state index in [0.29, 0.717) is 6.61 Å². The van der Waals surface area contributed by atoms with E-state index in [1.807, 2.05) is 0 Å². The molecule has 2 heterocycles. The van der Waals surface area contributed by atoms with Crippen LogP contribution >= 0.6 is 0 Å². The first-order chi connectivity index (χ1) is 11.8. The fourth-order valence-electron chi connectivity index (χ4n) is 2.90. The van der Waals surface area contributed by atoms with Crippen molar-refractivity contribution < 1.29 is 48.2 Å². The summed E-state index contributed by atoms with van der Waals surface area (Å²) in [5, 5.41) is 8.79. The first-order valence-electron chi connectivity index (χ1n) is 9.43. The Hall–Kier alpha value is -0.780. The Balaban J connectivity index is 0.00000312. The first-order valence-corrected chi connectivity index (χ1v) is 9.43. The van der Waals surface area contributed by atoms with E-state index >= 15 is 0 Å². The molecular weight excluding hydrogens is 456 g/mol. The number of unbranched alkanes of at least 4 members (excludes halogenated alkanes) is 5. The molecule has 0 aliphatic rings. The molecule has 0 amide bonds. The second kappa shape index (κ2) is 15.3. The third kappa shape index (κ3) is 9.24. The smallest absolute Gasteiger partial charge is 0.169 e. The maximum atomic E-state index is 8.79. The van der Waals surface area contributed by atoms with Gasteiger partial charge in [-0.1, -0.05) is 19.8 Å². The lowest BCUT2D eigenvalue weighted by Crippen LogP contribution is -3.00. The molecule has 0 saturated carbocycles. The number of aliphatic hydroxyl groups is 1. The highest BCUT2D eigenvalue weighted by molar-refractivity contribution is 5.60. The van der Waals surface area contributed by atoms with Gasteiger partial charge in [0.2, 0.25) is 0 Å². The van der Waals surface area contributed by atoms with Crippen molar-refractivity contribution in [2.24, 2.45) is 0 Å². The zero-order valence-electron chi connectivity index (χ0n) is 15.8. The van der Waals surface area contributed by atoms with Crippen LogP contribution in [0.2, 0.25) is 0 Å². The molecule has 0 atom stereocenters. The van der Waals surface area contributed by atoms with Crippen LogP contribution in [0.1, 0.15) is 51.9 Å². The molecule has 2 rings (SSSR count). The molecule has 0 bridgehead atoms. The standard InChI is InChI=1S/C21H32N2O.2BrH/c1-2-3-6-13-22-15-9-20(10-16-22)21-11-17-23(18-12-21)14-7-4-5-8-19-24;;/h9-12,15-18,24H,2-8,13-14,19H2,1H3;2*1H/q+2;;/p-2. The van der Waals surface area contributed by atoms with Gasteiger partial charge in [0.25, 0.3) is 0 Å². The SMILES string of the molecule is CCCCC[n+]1ccc(-c2cc[n+](CCCCCCO)cc2)cc1.[Br-].[Br-]. The van der Waals surface area contributed by atoms with Gasteiger partial charge in [-0.2, -0.15) is 0 Å². The zero-order chi connectivity index (χ0) is 17.0. The lowest BCUT2D eigenvalue weighted by Gasteiger charge is -2.02. The van der Waals surface area contributed by atoms with E-state index in [9.17, 15) is 0 Å². The quantitative estimate of drug-likeness (QED) is 0.280. The molecule has 2 aromatic heterocycles. The van der Waals surface area contributed by atoms with Crippen molar-refractivity contribution in [1.29, 1.82) is 0 Å². The summed E-state index contributed by atoms with van der Waals surface area (Å²) in [6, 6.07) is 8.82. The van der Waals surface area contributed by atoms with E-state index in [1.54, 1.807) is 0 Å². The van der Waals surface area contributed by atoms with Crippen LogP contribution in [-0.4, -0.2) is 11.7 Å². The van der Waals surface area contributed by atoms with Crippen molar-refractivity contribution in [2.45, 2.75) is 65.0 Å². The average Bonchev–Trinajstić information content (AvgIpc) is 2.63. The van der Waals surface area contributed by atoms with E-state index in [-0.39, 0.29) is 34.0 Å². The molecule has 146 valence electrons. The minimum absolute atomic E-state index is 0. The van der Waals surface area contributed by atoms with Gasteiger partial charge < -0.3 is 39.1 Å². The summed E-state index contributed by atoms with van der Waals surface area (Å²) < 4.78 is 4.52. The van der Waals surface area contributed by atoms with Crippen molar-refractivity contribution >= 4 is 0 Å². The second-order valence-corrected chi connectivity index (χ2v) is 6.49. The molecule has 5 heteroatoms. The van der Waals surface area contributed by atoms with Crippen molar-refractivity contribution in [2.75, 3.05) is 6.61 Å². The minimum atomic E-state index is 0. The Morgan fingerprint density at radius 3 is 1.50 bits per heavy atom. The van der Waals surface area contributed by atoms with Crippen molar-refractivity contribution in [3.63, 3.8) is 0 Å². The summed E-state index contributed by atoms with van der Waals surface area (Å²) in [5.74, 6) is 0. The summed E-state index contributed by atoms with van der Waals surface area (Å²) in [6.07, 6.45) is 16.9. The van der Waals surface area contributed by atoms with E-state index < -0.39 is 0 Å². The minimum Gasteiger partial charge on any atom is -1.00 e. The van der Waals surface area contributed by atoms with Gasteiger partial charge in [0.1, 0.15) is 13.1 Å². The molecule has 1 N–H and O–H groups in total. The van der Waals surface area contributed by atoms with E-state index in [2.05, 4.69) is 65.1 Å². The largest absolute Gasteiger partial charge is 1.00 e. The molecule has 0 aliphatic carbocycles. The number of hydrogen-bond acceptors (Lipinski definition) is 1. The number of aryl methyl sites for hydroxylation is 2. The Kier molecular flexibility index (Phi) is 14.8. The summed E-state index contributed by atoms with van der Waals surface area (Å²) in [7, 11) is 0. The molecule has 0 aromatic carbocycles. The number of aromatic nitrogens is 2. The average molecular weight is 488 g/mol. The number of aliphatic hydroxyl groups excluding tert-OH is 1. The second-order valence-electron chi connectivity index (χ2n) is 6.49. The van der Waals surface area contributed by atoms with Crippen LogP contribution in [0, 0.1) is 0 Å². The van der Waals surface area contributed by atoms with E-state index in [1.165, 1.54) is 43.2 Å². The van der Waals surface area contributed by atoms with Gasteiger partial charge in [-0.05, 0) is 30.4 Å². The van der Waals surface area contributed by atoms with Crippen LogP contribution in [0.25, 0.3) is 11.1 Å². The van der Waals surface area contributed by atoms with Crippen molar-refractivity contribution in [1.82, 2.24) is 0 Å². The van der Waals surface area contributed by atoms with Crippen molar-refractivity contribution in [3.05, 3.63) is 49.1 Å². The van der Waals surface area contributed by atoms with Gasteiger partial charge in [0.15, 0.2) is 24.8 Å². The number of halogens is 2. The third-order valence-electron chi connectivity index (χ3n) is 4.46. The highest BCUT2D eigenvalue weighted by Gasteiger charge is 2.05. The molecule has 3 nitrogen and oxygen atoms in total. The lowest BCUT2D eigenvalue weighted by atomic mass is 10.1. The highest BCUT2D eigenvalue weighted by atomic mass is 79.9. The summed E-state index contributed by atoms with van der Waals surface area (Å²) in [5.41, 5.74) is 2.55. The Bertz CT molecular complexity index is 574. The monoisotopic (exact) mass is 486 g/mol. The van der Waals surface area contributed by atoms with E-state index in [0.717, 1.165) is 25.9 Å². The number of nitrogens with zero attached hydrogens (tertiary/aromatic N) is 2. The van der Waals surface area contributed by atoms with Crippen LogP contribution in [0.4, 0.5) is 0 Å². The number of rotatable bonds is 11. The Labute approximate surface area is 179 Å². The van der Waals surface area contributed by atoms with Gasteiger partial charge in [-0.25, -0.2) is 9.13 Å². The number of pyridine rings is 2. The van der Waals surface area contributed by atoms with Crippen molar-refractivity contribution in [3.8, 4) is 11.1 Å². The maximum absolute atomic E-state index is 8.79. The van der Waals surface area contributed by atoms with Gasteiger partial charge in [0.05, 0.1) is 0 Å². The Morgan fingerprint density at radius 1 is 0.654 bits per heavy atom. The predicted molar refractivity (Wildman–Crippen MR) is 97.3 cm³/mol. The van der Waals surface area contributed by atoms with Gasteiger partial charge in [-0.3, -0.25) is 0 Å². The topological polar surface area (TPSA) is 28.0 Å². The number of hydrogen-bond donors (Lipinski definition) is 1. The third-order valence-corrected chi connectivity index (χ3v) is 4.46. The lowest BCUT2D eigenvalue weighted by molar-refractivity contribution is -0.697. The first kappa shape index (κ1) is 25.2. The molecule has 2 aromatic rings. The molecular formula is C21H32Br2N2O. The molecule has 0 saturated heterocycles. The zero-order valence-corrected chi connectivity index (χ0v) is 19.0. The fraction of sp³-hybridized carbons (Fsp3) is 0.524. The van der Waals surface area contributed by atoms with Crippen LogP contribution in [0.15, 0.2) is 49.1 Å². The molecule has 0 aliphatic heterocycles. The summed E-state index contributed by atoms with van der Waals surface area (Å²) >= 11 is 0. The normalized spacial score (nSPS) is 10.1. The molecule has 0 spiro atoms. The maximum Gasteiger partial charge on any atom is 0.169 e. The molecule has 26 heavy (non-hydrogen) atoms. The van der Waals surface area contributed by atoms with Crippen LogP contribution in [0.5, 0.6) is 0 Å². The molecule has 0 fully saturated rings. The summed E-state index contributed by atoms with van der Waals surface area (Å²) in [4.78, 5) is 0. The van der Waals surface area contributed by atoms with Gasteiger partial charge in [-0.15, -0.1) is 0 Å². The predicted octanol–water partition coefficient (Wildman–Crippen LogP) is -2.32. The van der Waals surface area contributed by atoms with Crippen LogP contribution in [0.3, 0.4) is 0 Å². The molecule has 0 radical (unpaired) electrons. The van der Waals surface area contributed by atoms with Crippen LogP contribution in [-0.2, 0) is 13.1 Å². The Morgan fingerprint density at radius 2 is 1.08 bits per heavy atom. The fourth-order valence-corrected chi connectivity index (χ4v) is 2.90. The highest BCUT2D eigenvalue weighted by Crippen LogP contribution is 2.15. The summed E-state index contributed by atoms with van der Waals surface area (Å²) in [6.45, 7) is 4.72. The van der Waals surface area contributed by atoms with Gasteiger partial charge in [0, 0.05) is 43.7 Å².